The average molecular weight is 285 g/mol. The van der Waals surface area contributed by atoms with Crippen LogP contribution in [-0.2, 0) is 0 Å². The fraction of sp³-hybridized carbons (Fsp3) is 0. The average Bonchev–Trinajstić information content (AvgIpc) is 2.36. The van der Waals surface area contributed by atoms with Crippen molar-refractivity contribution < 1.29 is 13.9 Å². The van der Waals surface area contributed by atoms with Crippen LogP contribution in [0.15, 0.2) is 36.4 Å². The molecular formula is C13H7Cl2FO2. The number of carbonyl (C=O) groups excluding carboxylic acids is 1. The lowest BCUT2D eigenvalue weighted by Crippen LogP contribution is -1.88. The lowest BCUT2D eigenvalue weighted by molar-refractivity contribution is 0.112. The van der Waals surface area contributed by atoms with Crippen molar-refractivity contribution in [2.45, 2.75) is 0 Å². The highest BCUT2D eigenvalue weighted by molar-refractivity contribution is 6.32. The lowest BCUT2D eigenvalue weighted by Gasteiger charge is -2.08. The molecule has 2 aromatic carbocycles. The Morgan fingerprint density at radius 1 is 1.06 bits per heavy atom. The Morgan fingerprint density at radius 2 is 1.83 bits per heavy atom. The van der Waals surface area contributed by atoms with Gasteiger partial charge < -0.3 is 4.74 Å². The fourth-order valence-corrected chi connectivity index (χ4v) is 1.74. The minimum absolute atomic E-state index is 0.0341. The standard InChI is InChI=1S/C13H7Cl2FO2/c14-10-6-9(2-3-12(10)16)18-13-4-1-8(7-17)5-11(13)15/h1-7H. The molecule has 18 heavy (non-hydrogen) atoms. The van der Waals surface area contributed by atoms with Crippen LogP contribution in [0.3, 0.4) is 0 Å². The topological polar surface area (TPSA) is 26.3 Å². The highest BCUT2D eigenvalue weighted by Crippen LogP contribution is 2.31. The van der Waals surface area contributed by atoms with Crippen LogP contribution in [0.5, 0.6) is 11.5 Å². The predicted molar refractivity (Wildman–Crippen MR) is 68.3 cm³/mol. The van der Waals surface area contributed by atoms with Gasteiger partial charge in [-0.2, -0.15) is 0 Å². The number of hydrogen-bond acceptors (Lipinski definition) is 2. The predicted octanol–water partition coefficient (Wildman–Crippen LogP) is 4.74. The van der Waals surface area contributed by atoms with Gasteiger partial charge in [0.25, 0.3) is 0 Å². The highest BCUT2D eigenvalue weighted by atomic mass is 35.5. The summed E-state index contributed by atoms with van der Waals surface area (Å²) >= 11 is 11.6. The minimum Gasteiger partial charge on any atom is -0.456 e. The van der Waals surface area contributed by atoms with E-state index in [0.29, 0.717) is 28.4 Å². The number of hydrogen-bond donors (Lipinski definition) is 0. The van der Waals surface area contributed by atoms with Crippen molar-refractivity contribution in [2.24, 2.45) is 0 Å². The molecule has 0 aliphatic heterocycles. The summed E-state index contributed by atoms with van der Waals surface area (Å²) < 4.78 is 18.4. The van der Waals surface area contributed by atoms with Gasteiger partial charge in [0.15, 0.2) is 0 Å². The highest BCUT2D eigenvalue weighted by Gasteiger charge is 2.06. The van der Waals surface area contributed by atoms with E-state index in [1.807, 2.05) is 0 Å². The molecule has 5 heteroatoms. The molecule has 0 atom stereocenters. The molecule has 0 aromatic heterocycles. The zero-order chi connectivity index (χ0) is 13.1. The molecule has 0 spiro atoms. The summed E-state index contributed by atoms with van der Waals surface area (Å²) in [6, 6.07) is 8.59. The van der Waals surface area contributed by atoms with Gasteiger partial charge in [0.1, 0.15) is 23.6 Å². The maximum Gasteiger partial charge on any atom is 0.150 e. The van der Waals surface area contributed by atoms with Gasteiger partial charge in [-0.1, -0.05) is 23.2 Å². The number of aldehydes is 1. The molecule has 0 amide bonds. The van der Waals surface area contributed by atoms with Crippen molar-refractivity contribution in [1.82, 2.24) is 0 Å². The largest absolute Gasteiger partial charge is 0.456 e. The van der Waals surface area contributed by atoms with Crippen LogP contribution in [0, 0.1) is 5.82 Å². The molecule has 0 aliphatic carbocycles. The van der Waals surface area contributed by atoms with Gasteiger partial charge >= 0.3 is 0 Å². The Bertz CT molecular complexity index is 600. The molecule has 2 aromatic rings. The third kappa shape index (κ3) is 2.81. The van der Waals surface area contributed by atoms with Crippen LogP contribution in [0.4, 0.5) is 4.39 Å². The second kappa shape index (κ2) is 5.38. The first-order valence-corrected chi connectivity index (χ1v) is 5.73. The Morgan fingerprint density at radius 3 is 2.44 bits per heavy atom. The molecule has 0 N–H and O–H groups in total. The van der Waals surface area contributed by atoms with E-state index >= 15 is 0 Å². The molecule has 92 valence electrons. The Hall–Kier alpha value is -1.58. The maximum absolute atomic E-state index is 13.0. The molecule has 2 nitrogen and oxygen atoms in total. The van der Waals surface area contributed by atoms with Gasteiger partial charge in [-0.3, -0.25) is 4.79 Å². The SMILES string of the molecule is O=Cc1ccc(Oc2ccc(F)c(Cl)c2)c(Cl)c1. The van der Waals surface area contributed by atoms with E-state index in [1.54, 1.807) is 12.1 Å². The van der Waals surface area contributed by atoms with Gasteiger partial charge in [0.2, 0.25) is 0 Å². The van der Waals surface area contributed by atoms with Gasteiger partial charge in [0, 0.05) is 11.6 Å². The van der Waals surface area contributed by atoms with Crippen molar-refractivity contribution in [1.29, 1.82) is 0 Å². The smallest absolute Gasteiger partial charge is 0.150 e. The van der Waals surface area contributed by atoms with Gasteiger partial charge in [-0.25, -0.2) is 4.39 Å². The van der Waals surface area contributed by atoms with Crippen molar-refractivity contribution >= 4 is 29.5 Å². The molecule has 0 heterocycles. The second-order valence-corrected chi connectivity index (χ2v) is 4.30. The molecule has 0 bridgehead atoms. The zero-order valence-corrected chi connectivity index (χ0v) is 10.5. The van der Waals surface area contributed by atoms with E-state index in [9.17, 15) is 9.18 Å². The van der Waals surface area contributed by atoms with Crippen LogP contribution in [0.1, 0.15) is 10.4 Å². The third-order valence-corrected chi connectivity index (χ3v) is 2.80. The number of rotatable bonds is 3. The first-order chi connectivity index (χ1) is 8.60. The summed E-state index contributed by atoms with van der Waals surface area (Å²) in [6.07, 6.45) is 0.685. The van der Waals surface area contributed by atoms with E-state index in [0.717, 1.165) is 0 Å². The molecule has 0 unspecified atom stereocenters. The number of carbonyl (C=O) groups is 1. The first kappa shape index (κ1) is 12.9. The third-order valence-electron chi connectivity index (χ3n) is 2.21. The summed E-state index contributed by atoms with van der Waals surface area (Å²) in [6.45, 7) is 0. The molecule has 0 aliphatic rings. The van der Waals surface area contributed by atoms with E-state index < -0.39 is 5.82 Å². The summed E-state index contributed by atoms with van der Waals surface area (Å²) in [7, 11) is 0. The van der Waals surface area contributed by atoms with Crippen LogP contribution < -0.4 is 4.74 Å². The zero-order valence-electron chi connectivity index (χ0n) is 8.99. The Balaban J connectivity index is 2.28. The summed E-state index contributed by atoms with van der Waals surface area (Å²) in [5.74, 6) is 0.207. The lowest BCUT2D eigenvalue weighted by atomic mass is 10.2. The Labute approximate surface area is 113 Å². The fourth-order valence-electron chi connectivity index (χ4n) is 1.34. The maximum atomic E-state index is 13.0. The van der Waals surface area contributed by atoms with Crippen LogP contribution in [0.2, 0.25) is 10.0 Å². The molecule has 0 radical (unpaired) electrons. The summed E-state index contributed by atoms with van der Waals surface area (Å²) in [4.78, 5) is 10.6. The van der Waals surface area contributed by atoms with Gasteiger partial charge in [-0.05, 0) is 30.3 Å². The summed E-state index contributed by atoms with van der Waals surface area (Å²) in [5, 5.41) is 0.258. The second-order valence-electron chi connectivity index (χ2n) is 3.49. The van der Waals surface area contributed by atoms with Crippen LogP contribution in [0.25, 0.3) is 0 Å². The summed E-state index contributed by atoms with van der Waals surface area (Å²) in [5.41, 5.74) is 0.449. The minimum atomic E-state index is -0.522. The van der Waals surface area contributed by atoms with E-state index in [1.165, 1.54) is 24.3 Å². The number of halogens is 3. The normalized spacial score (nSPS) is 10.2. The van der Waals surface area contributed by atoms with Crippen molar-refractivity contribution in [3.8, 4) is 11.5 Å². The van der Waals surface area contributed by atoms with Gasteiger partial charge in [0.05, 0.1) is 10.0 Å². The number of benzene rings is 2. The van der Waals surface area contributed by atoms with Gasteiger partial charge in [-0.15, -0.1) is 0 Å². The van der Waals surface area contributed by atoms with Crippen molar-refractivity contribution in [3.63, 3.8) is 0 Å². The Kier molecular flexibility index (Phi) is 3.84. The van der Waals surface area contributed by atoms with Crippen molar-refractivity contribution in [3.05, 3.63) is 57.8 Å². The molecule has 0 saturated heterocycles. The quantitative estimate of drug-likeness (QED) is 0.761. The monoisotopic (exact) mass is 284 g/mol. The van der Waals surface area contributed by atoms with E-state index in [2.05, 4.69) is 0 Å². The first-order valence-electron chi connectivity index (χ1n) is 4.98. The van der Waals surface area contributed by atoms with Crippen LogP contribution >= 0.6 is 23.2 Å². The van der Waals surface area contributed by atoms with E-state index in [4.69, 9.17) is 27.9 Å². The molecule has 0 saturated carbocycles. The molecular weight excluding hydrogens is 278 g/mol. The number of ether oxygens (including phenoxy) is 1. The van der Waals surface area contributed by atoms with E-state index in [-0.39, 0.29) is 5.02 Å². The van der Waals surface area contributed by atoms with Crippen molar-refractivity contribution in [2.75, 3.05) is 0 Å². The molecule has 0 fully saturated rings. The van der Waals surface area contributed by atoms with Crippen LogP contribution in [-0.4, -0.2) is 6.29 Å². The molecule has 2 rings (SSSR count).